The smallest absolute Gasteiger partial charge is 0.0277 e. The second kappa shape index (κ2) is 3.11. The minimum Gasteiger partial charge on any atom is -0.329 e. The molecule has 0 aromatic carbocycles. The van der Waals surface area contributed by atoms with E-state index in [1.54, 1.807) is 0 Å². The maximum Gasteiger partial charge on any atom is 0.0277 e. The van der Waals surface area contributed by atoms with Crippen LogP contribution >= 0.6 is 0 Å². The van der Waals surface area contributed by atoms with Gasteiger partial charge in [-0.1, -0.05) is 0 Å². The predicted octanol–water partition coefficient (Wildman–Crippen LogP) is 1.45. The molecule has 68 valence electrons. The van der Waals surface area contributed by atoms with Crippen LogP contribution in [-0.4, -0.2) is 29.6 Å². The van der Waals surface area contributed by atoms with Crippen molar-refractivity contribution in [2.45, 2.75) is 45.7 Å². The van der Waals surface area contributed by atoms with Crippen molar-refractivity contribution in [1.82, 2.24) is 4.90 Å². The number of nitrogens with zero attached hydrogens (tertiary/aromatic N) is 1. The molecule has 2 nitrogen and oxygen atoms in total. The minimum atomic E-state index is 0.0955. The second-order valence-corrected chi connectivity index (χ2v) is 4.75. The summed E-state index contributed by atoms with van der Waals surface area (Å²) in [5.41, 5.74) is 5.96. The zero-order chi connectivity index (χ0) is 9.28. The van der Waals surface area contributed by atoms with Crippen LogP contribution in [0.15, 0.2) is 0 Å². The molecular formula is C9H22N2. The Bertz CT molecular complexity index is 122. The zero-order valence-corrected chi connectivity index (χ0v) is 8.73. The SMILES string of the molecule is CN(C(C)(C)C)C(C)(C)CN. The normalized spacial score (nSPS) is 14.2. The summed E-state index contributed by atoms with van der Waals surface area (Å²) in [5, 5.41) is 0. The number of likely N-dealkylation sites (N-methyl/N-ethyl adjacent to an activating group) is 1. The fraction of sp³-hybridized carbons (Fsp3) is 1.00. The lowest BCUT2D eigenvalue weighted by atomic mass is 9.96. The molecule has 0 saturated heterocycles. The third kappa shape index (κ3) is 2.80. The van der Waals surface area contributed by atoms with Crippen molar-refractivity contribution in [3.05, 3.63) is 0 Å². The second-order valence-electron chi connectivity index (χ2n) is 4.75. The average molecular weight is 158 g/mol. The summed E-state index contributed by atoms with van der Waals surface area (Å²) in [6.45, 7) is 11.6. The van der Waals surface area contributed by atoms with Crippen molar-refractivity contribution in [3.63, 3.8) is 0 Å². The van der Waals surface area contributed by atoms with E-state index in [9.17, 15) is 0 Å². The van der Waals surface area contributed by atoms with Gasteiger partial charge in [0, 0.05) is 17.6 Å². The number of nitrogens with two attached hydrogens (primary N) is 1. The fourth-order valence-corrected chi connectivity index (χ4v) is 1.04. The van der Waals surface area contributed by atoms with Gasteiger partial charge in [0.1, 0.15) is 0 Å². The Hall–Kier alpha value is -0.0800. The average Bonchev–Trinajstić information content (AvgIpc) is 1.84. The summed E-state index contributed by atoms with van der Waals surface area (Å²) in [7, 11) is 2.12. The van der Waals surface area contributed by atoms with Crippen LogP contribution in [0.3, 0.4) is 0 Å². The van der Waals surface area contributed by atoms with Crippen LogP contribution in [0.5, 0.6) is 0 Å². The molecule has 0 aliphatic carbocycles. The quantitative estimate of drug-likeness (QED) is 0.659. The van der Waals surface area contributed by atoms with Crippen molar-refractivity contribution in [2.24, 2.45) is 5.73 Å². The largest absolute Gasteiger partial charge is 0.329 e. The topological polar surface area (TPSA) is 29.3 Å². The third-order valence-corrected chi connectivity index (χ3v) is 2.41. The van der Waals surface area contributed by atoms with Gasteiger partial charge in [0.15, 0.2) is 0 Å². The molecule has 11 heavy (non-hydrogen) atoms. The lowest BCUT2D eigenvalue weighted by Gasteiger charge is -2.44. The van der Waals surface area contributed by atoms with E-state index in [-0.39, 0.29) is 11.1 Å². The van der Waals surface area contributed by atoms with Crippen molar-refractivity contribution in [1.29, 1.82) is 0 Å². The van der Waals surface area contributed by atoms with Crippen molar-refractivity contribution < 1.29 is 0 Å². The Morgan fingerprint density at radius 3 is 1.55 bits per heavy atom. The van der Waals surface area contributed by atoms with Crippen molar-refractivity contribution in [2.75, 3.05) is 13.6 Å². The summed E-state index contributed by atoms with van der Waals surface area (Å²) >= 11 is 0. The molecule has 0 atom stereocenters. The molecule has 0 fully saturated rings. The lowest BCUT2D eigenvalue weighted by Crippen LogP contribution is -2.55. The standard InChI is InChI=1S/C9H22N2/c1-8(2,3)11(6)9(4,5)7-10/h7,10H2,1-6H3. The van der Waals surface area contributed by atoms with Crippen LogP contribution in [0.4, 0.5) is 0 Å². The van der Waals surface area contributed by atoms with E-state index >= 15 is 0 Å². The van der Waals surface area contributed by atoms with Gasteiger partial charge in [-0.25, -0.2) is 0 Å². The van der Waals surface area contributed by atoms with E-state index in [2.05, 4.69) is 46.6 Å². The molecular weight excluding hydrogens is 136 g/mol. The number of hydrogen-bond acceptors (Lipinski definition) is 2. The van der Waals surface area contributed by atoms with Gasteiger partial charge in [-0.2, -0.15) is 0 Å². The van der Waals surface area contributed by atoms with Crippen LogP contribution in [0.1, 0.15) is 34.6 Å². The highest BCUT2D eigenvalue weighted by Gasteiger charge is 2.29. The van der Waals surface area contributed by atoms with Gasteiger partial charge >= 0.3 is 0 Å². The predicted molar refractivity (Wildman–Crippen MR) is 50.6 cm³/mol. The maximum absolute atomic E-state index is 5.66. The molecule has 0 amide bonds. The summed E-state index contributed by atoms with van der Waals surface area (Å²) in [6, 6.07) is 0. The molecule has 0 heterocycles. The molecule has 0 spiro atoms. The van der Waals surface area contributed by atoms with Gasteiger partial charge in [0.2, 0.25) is 0 Å². The molecule has 2 N–H and O–H groups in total. The van der Waals surface area contributed by atoms with Gasteiger partial charge < -0.3 is 5.73 Å². The Morgan fingerprint density at radius 2 is 1.45 bits per heavy atom. The van der Waals surface area contributed by atoms with E-state index in [1.807, 2.05) is 0 Å². The van der Waals surface area contributed by atoms with Gasteiger partial charge in [-0.15, -0.1) is 0 Å². The van der Waals surface area contributed by atoms with E-state index in [4.69, 9.17) is 5.73 Å². The van der Waals surface area contributed by atoms with Gasteiger partial charge in [0.05, 0.1) is 0 Å². The molecule has 0 aliphatic heterocycles. The first-order valence-electron chi connectivity index (χ1n) is 4.16. The summed E-state index contributed by atoms with van der Waals surface area (Å²) in [4.78, 5) is 2.31. The summed E-state index contributed by atoms with van der Waals surface area (Å²) in [5.74, 6) is 0. The minimum absolute atomic E-state index is 0.0955. The van der Waals surface area contributed by atoms with Crippen molar-refractivity contribution >= 4 is 0 Å². The van der Waals surface area contributed by atoms with Crippen LogP contribution < -0.4 is 5.73 Å². The first kappa shape index (κ1) is 10.9. The number of hydrogen-bond donors (Lipinski definition) is 1. The fourth-order valence-electron chi connectivity index (χ4n) is 1.04. The van der Waals surface area contributed by atoms with Gasteiger partial charge in [-0.3, -0.25) is 4.90 Å². The number of rotatable bonds is 2. The van der Waals surface area contributed by atoms with E-state index in [0.717, 1.165) is 0 Å². The molecule has 0 radical (unpaired) electrons. The zero-order valence-electron chi connectivity index (χ0n) is 8.73. The lowest BCUT2D eigenvalue weighted by molar-refractivity contribution is 0.0628. The first-order chi connectivity index (χ1) is 4.72. The molecule has 0 aromatic heterocycles. The van der Waals surface area contributed by atoms with E-state index < -0.39 is 0 Å². The molecule has 2 heteroatoms. The Morgan fingerprint density at radius 1 is 1.09 bits per heavy atom. The highest BCUT2D eigenvalue weighted by Crippen LogP contribution is 2.21. The summed E-state index contributed by atoms with van der Waals surface area (Å²) in [6.07, 6.45) is 0. The van der Waals surface area contributed by atoms with Crippen molar-refractivity contribution in [3.8, 4) is 0 Å². The molecule has 0 rings (SSSR count). The Kier molecular flexibility index (Phi) is 3.09. The highest BCUT2D eigenvalue weighted by molar-refractivity contribution is 4.87. The van der Waals surface area contributed by atoms with Gasteiger partial charge in [-0.05, 0) is 41.7 Å². The molecule has 0 saturated carbocycles. The first-order valence-corrected chi connectivity index (χ1v) is 4.16. The van der Waals surface area contributed by atoms with Crippen LogP contribution in [0.25, 0.3) is 0 Å². The van der Waals surface area contributed by atoms with E-state index in [1.165, 1.54) is 0 Å². The van der Waals surface area contributed by atoms with Crippen LogP contribution in [0, 0.1) is 0 Å². The Labute approximate surface area is 70.8 Å². The van der Waals surface area contributed by atoms with Crippen LogP contribution in [-0.2, 0) is 0 Å². The molecule has 0 aromatic rings. The molecule has 0 unspecified atom stereocenters. The van der Waals surface area contributed by atoms with Crippen LogP contribution in [0.2, 0.25) is 0 Å². The highest BCUT2D eigenvalue weighted by atomic mass is 15.2. The third-order valence-electron chi connectivity index (χ3n) is 2.41. The monoisotopic (exact) mass is 158 g/mol. The van der Waals surface area contributed by atoms with Gasteiger partial charge in [0.25, 0.3) is 0 Å². The Balaban J connectivity index is 4.35. The summed E-state index contributed by atoms with van der Waals surface area (Å²) < 4.78 is 0. The molecule has 0 aliphatic rings. The maximum atomic E-state index is 5.66. The molecule has 0 bridgehead atoms. The van der Waals surface area contributed by atoms with E-state index in [0.29, 0.717) is 6.54 Å².